The molecule has 0 aliphatic carbocycles. The Morgan fingerprint density at radius 2 is 2.10 bits per heavy atom. The van der Waals surface area contributed by atoms with Gasteiger partial charge in [-0.2, -0.15) is 0 Å². The van der Waals surface area contributed by atoms with Gasteiger partial charge in [0.05, 0.1) is 19.3 Å². The minimum absolute atomic E-state index is 0.0908. The molecule has 1 aromatic carbocycles. The van der Waals surface area contributed by atoms with E-state index in [0.717, 1.165) is 37.2 Å². The number of methoxy groups -OCH3 is 1. The highest BCUT2D eigenvalue weighted by molar-refractivity contribution is 5.77. The van der Waals surface area contributed by atoms with E-state index in [0.29, 0.717) is 0 Å². The second kappa shape index (κ2) is 8.00. The molecule has 1 aliphatic heterocycles. The van der Waals surface area contributed by atoms with Crippen molar-refractivity contribution in [3.05, 3.63) is 29.8 Å². The first-order valence-electron chi connectivity index (χ1n) is 7.45. The normalized spacial score (nSPS) is 17.2. The maximum atomic E-state index is 12.0. The van der Waals surface area contributed by atoms with Gasteiger partial charge in [-0.1, -0.05) is 18.2 Å². The lowest BCUT2D eigenvalue weighted by Crippen LogP contribution is -2.36. The molecule has 5 nitrogen and oxygen atoms in total. The van der Waals surface area contributed by atoms with Gasteiger partial charge in [-0.3, -0.25) is 4.79 Å². The zero-order valence-electron chi connectivity index (χ0n) is 12.7. The predicted molar refractivity (Wildman–Crippen MR) is 81.4 cm³/mol. The fourth-order valence-corrected chi connectivity index (χ4v) is 2.54. The first-order valence-corrected chi connectivity index (χ1v) is 7.45. The van der Waals surface area contributed by atoms with Crippen molar-refractivity contribution in [1.29, 1.82) is 0 Å². The summed E-state index contributed by atoms with van der Waals surface area (Å²) in [6, 6.07) is 7.59. The zero-order chi connectivity index (χ0) is 15.1. The monoisotopic (exact) mass is 292 g/mol. The van der Waals surface area contributed by atoms with Crippen molar-refractivity contribution in [3.63, 3.8) is 0 Å². The van der Waals surface area contributed by atoms with E-state index in [-0.39, 0.29) is 24.7 Å². The molecule has 2 rings (SSSR count). The van der Waals surface area contributed by atoms with Crippen LogP contribution in [0.2, 0.25) is 0 Å². The maximum Gasteiger partial charge on any atom is 0.246 e. The molecule has 1 fully saturated rings. The predicted octanol–water partition coefficient (Wildman–Crippen LogP) is 1.64. The summed E-state index contributed by atoms with van der Waals surface area (Å²) in [6.45, 7) is 3.98. The van der Waals surface area contributed by atoms with E-state index in [9.17, 15) is 4.79 Å². The number of amides is 1. The first-order chi connectivity index (χ1) is 10.2. The van der Waals surface area contributed by atoms with Crippen molar-refractivity contribution >= 4 is 5.91 Å². The molecular weight excluding hydrogens is 268 g/mol. The topological polar surface area (TPSA) is 59.6 Å². The number of hydrogen-bond donors (Lipinski definition) is 2. The van der Waals surface area contributed by atoms with Crippen LogP contribution in [0.15, 0.2) is 24.3 Å². The van der Waals surface area contributed by atoms with Gasteiger partial charge < -0.3 is 20.1 Å². The molecule has 1 heterocycles. The lowest BCUT2D eigenvalue weighted by atomic mass is 10.1. The Labute approximate surface area is 126 Å². The Balaban J connectivity index is 1.81. The number of para-hydroxylation sites is 1. The number of hydrogen-bond acceptors (Lipinski definition) is 4. The Bertz CT molecular complexity index is 459. The van der Waals surface area contributed by atoms with Gasteiger partial charge in [0.25, 0.3) is 0 Å². The van der Waals surface area contributed by atoms with Crippen LogP contribution in [-0.2, 0) is 9.53 Å². The van der Waals surface area contributed by atoms with Crippen molar-refractivity contribution in [3.8, 4) is 5.75 Å². The van der Waals surface area contributed by atoms with E-state index in [1.165, 1.54) is 0 Å². The van der Waals surface area contributed by atoms with Gasteiger partial charge in [-0.15, -0.1) is 0 Å². The highest BCUT2D eigenvalue weighted by Crippen LogP contribution is 2.24. The Kier molecular flexibility index (Phi) is 6.02. The van der Waals surface area contributed by atoms with Crippen molar-refractivity contribution in [1.82, 2.24) is 10.6 Å². The largest absolute Gasteiger partial charge is 0.496 e. The van der Waals surface area contributed by atoms with Gasteiger partial charge in [-0.05, 0) is 38.9 Å². The van der Waals surface area contributed by atoms with Gasteiger partial charge in [0.2, 0.25) is 5.91 Å². The van der Waals surface area contributed by atoms with Gasteiger partial charge in [0, 0.05) is 5.56 Å². The average molecular weight is 292 g/mol. The molecule has 1 unspecified atom stereocenters. The number of carbonyl (C=O) groups is 1. The summed E-state index contributed by atoms with van der Waals surface area (Å²) in [7, 11) is 1.63. The van der Waals surface area contributed by atoms with Crippen LogP contribution in [0.5, 0.6) is 5.75 Å². The molecule has 116 valence electrons. The van der Waals surface area contributed by atoms with Crippen LogP contribution in [0.3, 0.4) is 0 Å². The standard InChI is InChI=1S/C16H24N2O3/c1-12(14-5-3-4-6-15(14)20-2)18-16(19)11-21-13-7-9-17-10-8-13/h3-6,12-13,17H,7-11H2,1-2H3,(H,18,19). The highest BCUT2D eigenvalue weighted by Gasteiger charge is 2.17. The number of ether oxygens (including phenoxy) is 2. The molecule has 2 N–H and O–H groups in total. The second-order valence-corrected chi connectivity index (χ2v) is 5.29. The van der Waals surface area contributed by atoms with Crippen molar-refractivity contribution < 1.29 is 14.3 Å². The van der Waals surface area contributed by atoms with Crippen LogP contribution in [0.4, 0.5) is 0 Å². The Morgan fingerprint density at radius 3 is 2.81 bits per heavy atom. The Morgan fingerprint density at radius 1 is 1.38 bits per heavy atom. The van der Waals surface area contributed by atoms with Gasteiger partial charge in [0.15, 0.2) is 0 Å². The van der Waals surface area contributed by atoms with Crippen LogP contribution in [0.1, 0.15) is 31.4 Å². The lowest BCUT2D eigenvalue weighted by Gasteiger charge is -2.23. The summed E-state index contributed by atoms with van der Waals surface area (Å²) in [5.74, 6) is 0.691. The van der Waals surface area contributed by atoms with Crippen LogP contribution in [0, 0.1) is 0 Å². The molecule has 1 aliphatic rings. The Hall–Kier alpha value is -1.59. The SMILES string of the molecule is COc1ccccc1C(C)NC(=O)COC1CCNCC1. The van der Waals surface area contributed by atoms with E-state index in [1.807, 2.05) is 31.2 Å². The number of carbonyl (C=O) groups excluding carboxylic acids is 1. The lowest BCUT2D eigenvalue weighted by molar-refractivity contribution is -0.128. The molecule has 0 aromatic heterocycles. The van der Waals surface area contributed by atoms with Crippen LogP contribution in [-0.4, -0.2) is 38.8 Å². The summed E-state index contributed by atoms with van der Waals surface area (Å²) in [4.78, 5) is 12.0. The molecule has 5 heteroatoms. The second-order valence-electron chi connectivity index (χ2n) is 5.29. The quantitative estimate of drug-likeness (QED) is 0.837. The van der Waals surface area contributed by atoms with E-state index in [2.05, 4.69) is 10.6 Å². The van der Waals surface area contributed by atoms with E-state index < -0.39 is 0 Å². The van der Waals surface area contributed by atoms with Gasteiger partial charge >= 0.3 is 0 Å². The average Bonchev–Trinajstić information content (AvgIpc) is 2.53. The molecule has 1 amide bonds. The smallest absolute Gasteiger partial charge is 0.246 e. The zero-order valence-corrected chi connectivity index (χ0v) is 12.7. The molecule has 1 atom stereocenters. The number of rotatable bonds is 6. The van der Waals surface area contributed by atoms with E-state index >= 15 is 0 Å². The summed E-state index contributed by atoms with van der Waals surface area (Å²) < 4.78 is 11.0. The molecule has 0 saturated carbocycles. The highest BCUT2D eigenvalue weighted by atomic mass is 16.5. The fourth-order valence-electron chi connectivity index (χ4n) is 2.54. The summed E-state index contributed by atoms with van der Waals surface area (Å²) in [5.41, 5.74) is 0.968. The van der Waals surface area contributed by atoms with Gasteiger partial charge in [-0.25, -0.2) is 0 Å². The molecule has 21 heavy (non-hydrogen) atoms. The number of nitrogens with one attached hydrogen (secondary N) is 2. The third kappa shape index (κ3) is 4.72. The third-order valence-electron chi connectivity index (χ3n) is 3.72. The van der Waals surface area contributed by atoms with Crippen LogP contribution >= 0.6 is 0 Å². The van der Waals surface area contributed by atoms with Gasteiger partial charge in [0.1, 0.15) is 12.4 Å². The fraction of sp³-hybridized carbons (Fsp3) is 0.562. The molecule has 1 aromatic rings. The molecule has 0 spiro atoms. The van der Waals surface area contributed by atoms with Crippen LogP contribution in [0.25, 0.3) is 0 Å². The molecule has 0 bridgehead atoms. The van der Waals surface area contributed by atoms with Crippen molar-refractivity contribution in [2.24, 2.45) is 0 Å². The van der Waals surface area contributed by atoms with Crippen molar-refractivity contribution in [2.45, 2.75) is 31.9 Å². The third-order valence-corrected chi connectivity index (χ3v) is 3.72. The molecule has 1 saturated heterocycles. The van der Waals surface area contributed by atoms with E-state index in [4.69, 9.17) is 9.47 Å². The summed E-state index contributed by atoms with van der Waals surface area (Å²) in [6.07, 6.45) is 2.13. The minimum atomic E-state index is -0.106. The molecular formula is C16H24N2O3. The van der Waals surface area contributed by atoms with Crippen LogP contribution < -0.4 is 15.4 Å². The number of piperidine rings is 1. The number of benzene rings is 1. The summed E-state index contributed by atoms with van der Waals surface area (Å²) in [5, 5.41) is 6.23. The van der Waals surface area contributed by atoms with E-state index in [1.54, 1.807) is 7.11 Å². The maximum absolute atomic E-state index is 12.0. The first kappa shape index (κ1) is 15.8. The van der Waals surface area contributed by atoms with Crippen molar-refractivity contribution in [2.75, 3.05) is 26.8 Å². The minimum Gasteiger partial charge on any atom is -0.496 e. The molecule has 0 radical (unpaired) electrons. The summed E-state index contributed by atoms with van der Waals surface area (Å²) >= 11 is 0.